The van der Waals surface area contributed by atoms with Crippen LogP contribution in [-0.4, -0.2) is 47.1 Å². The van der Waals surface area contributed by atoms with Crippen LogP contribution in [-0.2, 0) is 12.7 Å². The van der Waals surface area contributed by atoms with E-state index in [0.29, 0.717) is 13.0 Å². The summed E-state index contributed by atoms with van der Waals surface area (Å²) in [7, 11) is 0. The SMILES string of the molecule is Nc1c(N(N)Cc2ccccc2C(F)(F)F)nc(OCC(F)(F)F)nc1N1CCC(O)C1. The molecule has 1 unspecified atom stereocenters. The van der Waals surface area contributed by atoms with Crippen molar-refractivity contribution in [3.63, 3.8) is 0 Å². The summed E-state index contributed by atoms with van der Waals surface area (Å²) in [5.41, 5.74) is 4.76. The number of hydrazine groups is 1. The quantitative estimate of drug-likeness (QED) is 0.338. The minimum absolute atomic E-state index is 0.0386. The van der Waals surface area contributed by atoms with Gasteiger partial charge < -0.3 is 20.5 Å². The lowest BCUT2D eigenvalue weighted by atomic mass is 10.1. The first-order chi connectivity index (χ1) is 14.8. The number of nitrogen functional groups attached to an aromatic ring is 1. The number of aromatic nitrogens is 2. The minimum atomic E-state index is -4.68. The molecule has 2 heterocycles. The van der Waals surface area contributed by atoms with Crippen LogP contribution >= 0.6 is 0 Å². The highest BCUT2D eigenvalue weighted by atomic mass is 19.4. The third kappa shape index (κ3) is 5.62. The second-order valence-corrected chi connectivity index (χ2v) is 7.14. The van der Waals surface area contributed by atoms with Gasteiger partial charge in [-0.05, 0) is 18.1 Å². The lowest BCUT2D eigenvalue weighted by Gasteiger charge is -2.25. The average molecular weight is 466 g/mol. The Bertz CT molecular complexity index is 955. The number of alkyl halides is 6. The van der Waals surface area contributed by atoms with E-state index in [1.165, 1.54) is 23.1 Å². The number of aliphatic hydroxyl groups is 1. The van der Waals surface area contributed by atoms with E-state index >= 15 is 0 Å². The van der Waals surface area contributed by atoms with E-state index in [2.05, 4.69) is 14.7 Å². The van der Waals surface area contributed by atoms with Crippen molar-refractivity contribution in [1.82, 2.24) is 9.97 Å². The van der Waals surface area contributed by atoms with Crippen LogP contribution in [0.15, 0.2) is 24.3 Å². The van der Waals surface area contributed by atoms with Crippen molar-refractivity contribution in [3.8, 4) is 6.01 Å². The fourth-order valence-electron chi connectivity index (χ4n) is 3.22. The van der Waals surface area contributed by atoms with Crippen molar-refractivity contribution in [2.75, 3.05) is 35.3 Å². The van der Waals surface area contributed by atoms with Crippen LogP contribution in [0.1, 0.15) is 17.5 Å². The summed E-state index contributed by atoms with van der Waals surface area (Å²) < 4.78 is 82.3. The zero-order valence-corrected chi connectivity index (χ0v) is 16.5. The first kappa shape index (κ1) is 23.7. The van der Waals surface area contributed by atoms with Crippen LogP contribution in [0.3, 0.4) is 0 Å². The van der Waals surface area contributed by atoms with Gasteiger partial charge in [-0.2, -0.15) is 36.3 Å². The molecule has 2 aromatic rings. The molecule has 8 nitrogen and oxygen atoms in total. The highest BCUT2D eigenvalue weighted by Gasteiger charge is 2.34. The molecule has 0 aliphatic carbocycles. The predicted octanol–water partition coefficient (Wildman–Crippen LogP) is 2.47. The Morgan fingerprint density at radius 1 is 1.16 bits per heavy atom. The molecule has 1 aromatic heterocycles. The van der Waals surface area contributed by atoms with Gasteiger partial charge in [0.15, 0.2) is 18.2 Å². The molecule has 14 heteroatoms. The van der Waals surface area contributed by atoms with Crippen LogP contribution in [0.25, 0.3) is 0 Å². The van der Waals surface area contributed by atoms with Crippen molar-refractivity contribution in [2.45, 2.75) is 31.4 Å². The first-order valence-electron chi connectivity index (χ1n) is 9.32. The molecule has 176 valence electrons. The predicted molar refractivity (Wildman–Crippen MR) is 103 cm³/mol. The Hall–Kier alpha value is -3.00. The van der Waals surface area contributed by atoms with Crippen LogP contribution in [0.4, 0.5) is 43.7 Å². The molecule has 32 heavy (non-hydrogen) atoms. The fourth-order valence-corrected chi connectivity index (χ4v) is 3.22. The van der Waals surface area contributed by atoms with Crippen molar-refractivity contribution < 1.29 is 36.2 Å². The summed E-state index contributed by atoms with van der Waals surface area (Å²) in [4.78, 5) is 9.18. The van der Waals surface area contributed by atoms with Gasteiger partial charge in [-0.15, -0.1) is 0 Å². The maximum atomic E-state index is 13.3. The van der Waals surface area contributed by atoms with Gasteiger partial charge in [0.25, 0.3) is 0 Å². The van der Waals surface area contributed by atoms with Gasteiger partial charge in [-0.1, -0.05) is 18.2 Å². The van der Waals surface area contributed by atoms with Crippen molar-refractivity contribution in [2.24, 2.45) is 5.84 Å². The molecular weight excluding hydrogens is 446 g/mol. The third-order valence-corrected chi connectivity index (χ3v) is 4.65. The topological polar surface area (TPSA) is 114 Å². The summed E-state index contributed by atoms with van der Waals surface area (Å²) in [6.07, 6.45) is -9.67. The maximum Gasteiger partial charge on any atom is 0.422 e. The molecule has 0 saturated carbocycles. The lowest BCUT2D eigenvalue weighted by molar-refractivity contribution is -0.154. The molecule has 1 aliphatic rings. The van der Waals surface area contributed by atoms with Gasteiger partial charge in [0.1, 0.15) is 5.69 Å². The molecular formula is C18H20F6N6O2. The van der Waals surface area contributed by atoms with Crippen LogP contribution < -0.4 is 26.2 Å². The summed E-state index contributed by atoms with van der Waals surface area (Å²) in [6.45, 7) is -1.81. The second kappa shape index (κ2) is 8.86. The van der Waals surface area contributed by atoms with E-state index in [4.69, 9.17) is 11.6 Å². The number of aliphatic hydroxyl groups excluding tert-OH is 1. The van der Waals surface area contributed by atoms with Crippen LogP contribution in [0.5, 0.6) is 6.01 Å². The Labute approximate surface area is 178 Å². The molecule has 0 spiro atoms. The highest BCUT2D eigenvalue weighted by Crippen LogP contribution is 2.36. The van der Waals surface area contributed by atoms with Gasteiger partial charge in [0.2, 0.25) is 0 Å². The van der Waals surface area contributed by atoms with Gasteiger partial charge in [0, 0.05) is 13.1 Å². The summed E-state index contributed by atoms with van der Waals surface area (Å²) in [6, 6.07) is 3.98. The summed E-state index contributed by atoms with van der Waals surface area (Å²) >= 11 is 0. The number of halogens is 6. The number of hydrogen-bond acceptors (Lipinski definition) is 8. The Balaban J connectivity index is 1.97. The van der Waals surface area contributed by atoms with Gasteiger partial charge in [-0.3, -0.25) is 5.01 Å². The standard InChI is InChI=1S/C18H20F6N6O2/c19-17(20,21)9-32-16-27-14(29-6-5-11(31)8-29)13(25)15(28-16)30(26)7-10-3-1-2-4-12(10)18(22,23)24/h1-4,11,31H,5-9,25-26H2. The Kier molecular flexibility index (Phi) is 6.55. The summed E-state index contributed by atoms with van der Waals surface area (Å²) in [5.74, 6) is 5.58. The highest BCUT2D eigenvalue weighted by molar-refractivity contribution is 5.76. The van der Waals surface area contributed by atoms with E-state index in [9.17, 15) is 31.4 Å². The van der Waals surface area contributed by atoms with Gasteiger partial charge in [-0.25, -0.2) is 5.84 Å². The lowest BCUT2D eigenvalue weighted by Crippen LogP contribution is -2.34. The maximum absolute atomic E-state index is 13.3. The normalized spacial score (nSPS) is 17.0. The van der Waals surface area contributed by atoms with Crippen LogP contribution in [0.2, 0.25) is 0 Å². The van der Waals surface area contributed by atoms with Gasteiger partial charge >= 0.3 is 18.4 Å². The van der Waals surface area contributed by atoms with E-state index in [1.54, 1.807) is 0 Å². The monoisotopic (exact) mass is 466 g/mol. The van der Waals surface area contributed by atoms with Crippen LogP contribution in [0, 0.1) is 0 Å². The number of benzene rings is 1. The third-order valence-electron chi connectivity index (χ3n) is 4.65. The number of anilines is 3. The molecule has 1 saturated heterocycles. The average Bonchev–Trinajstić information content (AvgIpc) is 3.12. The molecule has 1 aliphatic heterocycles. The van der Waals surface area contributed by atoms with Crippen molar-refractivity contribution in [3.05, 3.63) is 35.4 Å². The fraction of sp³-hybridized carbons (Fsp3) is 0.444. The zero-order chi connectivity index (χ0) is 23.7. The zero-order valence-electron chi connectivity index (χ0n) is 16.5. The second-order valence-electron chi connectivity index (χ2n) is 7.14. The number of β-amino-alcohol motifs (C(OH)–C–C–N with tert-alkyl or cyclic N) is 1. The number of ether oxygens (including phenoxy) is 1. The van der Waals surface area contributed by atoms with Crippen molar-refractivity contribution >= 4 is 17.3 Å². The Morgan fingerprint density at radius 2 is 1.84 bits per heavy atom. The molecule has 0 bridgehead atoms. The van der Waals surface area contributed by atoms with Crippen molar-refractivity contribution in [1.29, 1.82) is 0 Å². The first-order valence-corrected chi connectivity index (χ1v) is 9.32. The van der Waals surface area contributed by atoms with E-state index in [0.717, 1.165) is 11.1 Å². The van der Waals surface area contributed by atoms with E-state index in [-0.39, 0.29) is 29.4 Å². The van der Waals surface area contributed by atoms with Gasteiger partial charge in [0.05, 0.1) is 18.2 Å². The molecule has 3 rings (SSSR count). The largest absolute Gasteiger partial charge is 0.454 e. The molecule has 0 amide bonds. The molecule has 1 fully saturated rings. The summed E-state index contributed by atoms with van der Waals surface area (Å²) in [5, 5.41) is 10.5. The number of nitrogens with zero attached hydrogens (tertiary/aromatic N) is 4. The van der Waals surface area contributed by atoms with E-state index < -0.39 is 43.2 Å². The Morgan fingerprint density at radius 3 is 2.44 bits per heavy atom. The number of nitrogens with two attached hydrogens (primary N) is 2. The molecule has 5 N–H and O–H groups in total. The smallest absolute Gasteiger partial charge is 0.422 e. The number of hydrogen-bond donors (Lipinski definition) is 3. The molecule has 1 atom stereocenters. The minimum Gasteiger partial charge on any atom is -0.454 e. The van der Waals surface area contributed by atoms with E-state index in [1.807, 2.05) is 0 Å². The molecule has 0 radical (unpaired) electrons. The number of rotatable bonds is 6. The molecule has 1 aromatic carbocycles.